The first-order valence-electron chi connectivity index (χ1n) is 5.66. The van der Waals surface area contributed by atoms with E-state index in [-0.39, 0.29) is 0 Å². The van der Waals surface area contributed by atoms with Crippen LogP contribution < -0.4 is 0 Å². The van der Waals surface area contributed by atoms with Crippen molar-refractivity contribution in [3.63, 3.8) is 0 Å². The Bertz CT molecular complexity index is 502. The lowest BCUT2D eigenvalue weighted by Crippen LogP contribution is -2.03. The highest BCUT2D eigenvalue weighted by Crippen LogP contribution is 2.29. The predicted octanol–water partition coefficient (Wildman–Crippen LogP) is 3.68. The Balaban J connectivity index is 1.79. The van der Waals surface area contributed by atoms with Crippen LogP contribution in [0.5, 0.6) is 0 Å². The Morgan fingerprint density at radius 2 is 2.19 bits per heavy atom. The average Bonchev–Trinajstić information content (AvgIpc) is 3.00. The molecule has 3 rings (SSSR count). The molecule has 3 heteroatoms. The predicted molar refractivity (Wildman–Crippen MR) is 65.6 cm³/mol. The number of hydrogen-bond acceptors (Lipinski definition) is 1. The zero-order valence-electron chi connectivity index (χ0n) is 9.03. The molecule has 0 atom stereocenters. The summed E-state index contributed by atoms with van der Waals surface area (Å²) in [6.45, 7) is 1.48. The van der Waals surface area contributed by atoms with Crippen LogP contribution in [0.4, 0.5) is 0 Å². The Morgan fingerprint density at radius 1 is 1.31 bits per heavy atom. The molecule has 1 aliphatic rings. The van der Waals surface area contributed by atoms with Gasteiger partial charge in [0.2, 0.25) is 0 Å². The number of aromatic nitrogens is 1. The number of fused-ring (bicyclic) bond motifs is 1. The van der Waals surface area contributed by atoms with Gasteiger partial charge in [0, 0.05) is 11.6 Å². The van der Waals surface area contributed by atoms with Gasteiger partial charge in [0.1, 0.15) is 6.73 Å². The fraction of sp³-hybridized carbons (Fsp3) is 0.385. The quantitative estimate of drug-likeness (QED) is 0.789. The Hall–Kier alpha value is -0.990. The summed E-state index contributed by atoms with van der Waals surface area (Å²) >= 11 is 6.18. The molecule has 0 spiro atoms. The van der Waals surface area contributed by atoms with Gasteiger partial charge in [0.15, 0.2) is 0 Å². The van der Waals surface area contributed by atoms with Gasteiger partial charge in [0.25, 0.3) is 0 Å². The molecule has 1 aliphatic carbocycles. The second-order valence-corrected chi connectivity index (χ2v) is 4.81. The number of rotatable bonds is 4. The lowest BCUT2D eigenvalue weighted by Gasteiger charge is -2.07. The molecule has 84 valence electrons. The van der Waals surface area contributed by atoms with Crippen LogP contribution in [0.3, 0.4) is 0 Å². The van der Waals surface area contributed by atoms with Crippen LogP contribution in [0, 0.1) is 5.92 Å². The minimum atomic E-state index is 0.601. The zero-order chi connectivity index (χ0) is 11.0. The largest absolute Gasteiger partial charge is 0.360 e. The summed E-state index contributed by atoms with van der Waals surface area (Å²) < 4.78 is 7.74. The van der Waals surface area contributed by atoms with Crippen molar-refractivity contribution in [3.8, 4) is 0 Å². The smallest absolute Gasteiger partial charge is 0.122 e. The summed E-state index contributed by atoms with van der Waals surface area (Å²) in [5, 5.41) is 1.96. The molecule has 2 aromatic rings. The van der Waals surface area contributed by atoms with Gasteiger partial charge >= 0.3 is 0 Å². The second kappa shape index (κ2) is 4.11. The normalized spacial score (nSPS) is 15.8. The summed E-state index contributed by atoms with van der Waals surface area (Å²) in [6, 6.07) is 8.03. The van der Waals surface area contributed by atoms with Gasteiger partial charge in [-0.3, -0.25) is 0 Å². The number of benzene rings is 1. The van der Waals surface area contributed by atoms with Crippen molar-refractivity contribution >= 4 is 22.5 Å². The third kappa shape index (κ3) is 1.95. The van der Waals surface area contributed by atoms with E-state index >= 15 is 0 Å². The molecule has 1 saturated carbocycles. The lowest BCUT2D eigenvalue weighted by molar-refractivity contribution is 0.0718. The van der Waals surface area contributed by atoms with Crippen LogP contribution in [-0.4, -0.2) is 11.2 Å². The first kappa shape index (κ1) is 10.2. The standard InChI is InChI=1S/C13H14ClNO/c14-12-3-1-2-11-6-7-15(13(11)12)9-16-8-10-4-5-10/h1-3,6-7,10H,4-5,8-9H2. The third-order valence-corrected chi connectivity index (χ3v) is 3.33. The molecule has 0 N–H and O–H groups in total. The van der Waals surface area contributed by atoms with Crippen LogP contribution >= 0.6 is 11.6 Å². The fourth-order valence-electron chi connectivity index (χ4n) is 1.92. The molecule has 0 aliphatic heterocycles. The molecular weight excluding hydrogens is 222 g/mol. The summed E-state index contributed by atoms with van der Waals surface area (Å²) in [4.78, 5) is 0. The van der Waals surface area contributed by atoms with E-state index in [1.165, 1.54) is 18.2 Å². The molecule has 1 fully saturated rings. The van der Waals surface area contributed by atoms with Crippen molar-refractivity contribution in [2.45, 2.75) is 19.6 Å². The third-order valence-electron chi connectivity index (χ3n) is 3.02. The molecule has 0 radical (unpaired) electrons. The number of halogens is 1. The maximum absolute atomic E-state index is 6.18. The van der Waals surface area contributed by atoms with E-state index < -0.39 is 0 Å². The van der Waals surface area contributed by atoms with Crippen molar-refractivity contribution in [2.24, 2.45) is 5.92 Å². The highest BCUT2D eigenvalue weighted by Gasteiger charge is 2.21. The van der Waals surface area contributed by atoms with Gasteiger partial charge in [-0.25, -0.2) is 0 Å². The Kier molecular flexibility index (Phi) is 2.62. The van der Waals surface area contributed by atoms with E-state index in [9.17, 15) is 0 Å². The minimum absolute atomic E-state index is 0.601. The Morgan fingerprint density at radius 3 is 3.00 bits per heavy atom. The van der Waals surface area contributed by atoms with Crippen LogP contribution in [0.2, 0.25) is 5.02 Å². The molecule has 2 nitrogen and oxygen atoms in total. The molecule has 1 heterocycles. The van der Waals surface area contributed by atoms with Crippen molar-refractivity contribution in [3.05, 3.63) is 35.5 Å². The van der Waals surface area contributed by atoms with E-state index in [2.05, 4.69) is 16.7 Å². The Labute approximate surface area is 99.8 Å². The molecule has 1 aromatic carbocycles. The van der Waals surface area contributed by atoms with Crippen LogP contribution in [0.1, 0.15) is 12.8 Å². The molecule has 1 aromatic heterocycles. The topological polar surface area (TPSA) is 14.2 Å². The van der Waals surface area contributed by atoms with E-state index in [1.54, 1.807) is 0 Å². The first-order valence-corrected chi connectivity index (χ1v) is 6.03. The van der Waals surface area contributed by atoms with Crippen molar-refractivity contribution in [1.29, 1.82) is 0 Å². The lowest BCUT2D eigenvalue weighted by atomic mass is 10.2. The molecular formula is C13H14ClNO. The van der Waals surface area contributed by atoms with Crippen molar-refractivity contribution in [2.75, 3.05) is 6.61 Å². The van der Waals surface area contributed by atoms with Crippen LogP contribution in [0.25, 0.3) is 10.9 Å². The maximum atomic E-state index is 6.18. The highest BCUT2D eigenvalue weighted by atomic mass is 35.5. The van der Waals surface area contributed by atoms with E-state index in [0.29, 0.717) is 6.73 Å². The summed E-state index contributed by atoms with van der Waals surface area (Å²) in [5.41, 5.74) is 1.07. The van der Waals surface area contributed by atoms with Gasteiger partial charge in [-0.15, -0.1) is 0 Å². The SMILES string of the molecule is Clc1cccc2ccn(COCC3CC3)c12. The van der Waals surface area contributed by atoms with Gasteiger partial charge in [-0.05, 0) is 30.9 Å². The summed E-state index contributed by atoms with van der Waals surface area (Å²) in [7, 11) is 0. The van der Waals surface area contributed by atoms with Gasteiger partial charge in [-0.1, -0.05) is 23.7 Å². The van der Waals surface area contributed by atoms with E-state index in [0.717, 1.165) is 23.1 Å². The van der Waals surface area contributed by atoms with Crippen molar-refractivity contribution < 1.29 is 4.74 Å². The molecule has 0 amide bonds. The zero-order valence-corrected chi connectivity index (χ0v) is 9.78. The second-order valence-electron chi connectivity index (χ2n) is 4.41. The molecule has 0 saturated heterocycles. The maximum Gasteiger partial charge on any atom is 0.122 e. The number of para-hydroxylation sites is 1. The average molecular weight is 236 g/mol. The summed E-state index contributed by atoms with van der Waals surface area (Å²) in [5.74, 6) is 0.803. The molecule has 0 bridgehead atoms. The van der Waals surface area contributed by atoms with Crippen LogP contribution in [-0.2, 0) is 11.5 Å². The highest BCUT2D eigenvalue weighted by molar-refractivity contribution is 6.35. The fourth-order valence-corrected chi connectivity index (χ4v) is 2.21. The minimum Gasteiger partial charge on any atom is -0.360 e. The van der Waals surface area contributed by atoms with Crippen molar-refractivity contribution in [1.82, 2.24) is 4.57 Å². The van der Waals surface area contributed by atoms with Gasteiger partial charge < -0.3 is 9.30 Å². The van der Waals surface area contributed by atoms with Gasteiger partial charge in [0.05, 0.1) is 17.1 Å². The van der Waals surface area contributed by atoms with E-state index in [4.69, 9.17) is 16.3 Å². The van der Waals surface area contributed by atoms with Gasteiger partial charge in [-0.2, -0.15) is 0 Å². The monoisotopic (exact) mass is 235 g/mol. The number of hydrogen-bond donors (Lipinski definition) is 0. The first-order chi connectivity index (χ1) is 7.84. The molecule has 16 heavy (non-hydrogen) atoms. The summed E-state index contributed by atoms with van der Waals surface area (Å²) in [6.07, 6.45) is 4.68. The molecule has 0 unspecified atom stereocenters. The number of ether oxygens (including phenoxy) is 1. The van der Waals surface area contributed by atoms with Crippen LogP contribution in [0.15, 0.2) is 30.5 Å². The number of nitrogens with zero attached hydrogens (tertiary/aromatic N) is 1. The van der Waals surface area contributed by atoms with E-state index in [1.807, 2.05) is 18.3 Å².